The highest BCUT2D eigenvalue weighted by atomic mass is 19.4. The molecule has 0 amide bonds. The molecule has 5 nitrogen and oxygen atoms in total. The van der Waals surface area contributed by atoms with Crippen LogP contribution in [0.5, 0.6) is 0 Å². The van der Waals surface area contributed by atoms with Crippen molar-refractivity contribution in [1.29, 1.82) is 0 Å². The summed E-state index contributed by atoms with van der Waals surface area (Å²) in [5.74, 6) is -0.711. The quantitative estimate of drug-likeness (QED) is 0.785. The van der Waals surface area contributed by atoms with Crippen molar-refractivity contribution in [2.75, 3.05) is 0 Å². The SMILES string of the molecule is Cc1ccc(C(F)(F)F)c(-c2ccnc(-c3noc(=O)[nH]3)c2)c1. The van der Waals surface area contributed by atoms with Crippen LogP contribution in [0.25, 0.3) is 22.6 Å². The van der Waals surface area contributed by atoms with Gasteiger partial charge < -0.3 is 0 Å². The maximum absolute atomic E-state index is 13.2. The predicted octanol–water partition coefficient (Wildman–Crippen LogP) is 3.42. The van der Waals surface area contributed by atoms with Gasteiger partial charge >= 0.3 is 11.9 Å². The molecule has 1 aromatic carbocycles. The summed E-state index contributed by atoms with van der Waals surface area (Å²) in [6.45, 7) is 1.71. The summed E-state index contributed by atoms with van der Waals surface area (Å²) in [4.78, 5) is 17.3. The summed E-state index contributed by atoms with van der Waals surface area (Å²) in [5.41, 5.74) is 0.514. The summed E-state index contributed by atoms with van der Waals surface area (Å²) in [6, 6.07) is 6.78. The fraction of sp³-hybridized carbons (Fsp3) is 0.133. The smallest absolute Gasteiger partial charge is 0.296 e. The number of halogens is 3. The Morgan fingerprint density at radius 3 is 2.61 bits per heavy atom. The predicted molar refractivity (Wildman–Crippen MR) is 75.5 cm³/mol. The molecule has 8 heteroatoms. The van der Waals surface area contributed by atoms with Crippen LogP contribution >= 0.6 is 0 Å². The van der Waals surface area contributed by atoms with Gasteiger partial charge in [-0.2, -0.15) is 13.2 Å². The van der Waals surface area contributed by atoms with Crippen molar-refractivity contribution >= 4 is 0 Å². The van der Waals surface area contributed by atoms with E-state index in [2.05, 4.69) is 19.6 Å². The summed E-state index contributed by atoms with van der Waals surface area (Å²) >= 11 is 0. The highest BCUT2D eigenvalue weighted by Gasteiger charge is 2.33. The molecule has 0 spiro atoms. The van der Waals surface area contributed by atoms with Crippen molar-refractivity contribution in [2.24, 2.45) is 0 Å². The number of aromatic amines is 1. The van der Waals surface area contributed by atoms with Gasteiger partial charge in [0.15, 0.2) is 0 Å². The molecule has 0 aliphatic rings. The van der Waals surface area contributed by atoms with E-state index in [9.17, 15) is 18.0 Å². The van der Waals surface area contributed by atoms with Gasteiger partial charge in [-0.3, -0.25) is 14.5 Å². The highest BCUT2D eigenvalue weighted by Crippen LogP contribution is 2.38. The molecule has 0 bridgehead atoms. The first-order chi connectivity index (χ1) is 10.8. The number of hydrogen-bond acceptors (Lipinski definition) is 4. The van der Waals surface area contributed by atoms with Crippen LogP contribution in [0.2, 0.25) is 0 Å². The Morgan fingerprint density at radius 2 is 1.96 bits per heavy atom. The normalized spacial score (nSPS) is 11.7. The number of pyridine rings is 1. The largest absolute Gasteiger partial charge is 0.439 e. The Hall–Kier alpha value is -2.90. The first-order valence-electron chi connectivity index (χ1n) is 6.55. The van der Waals surface area contributed by atoms with E-state index in [-0.39, 0.29) is 17.1 Å². The van der Waals surface area contributed by atoms with E-state index in [1.807, 2.05) is 0 Å². The minimum Gasteiger partial charge on any atom is -0.296 e. The molecular formula is C15H10F3N3O2. The van der Waals surface area contributed by atoms with Crippen molar-refractivity contribution in [2.45, 2.75) is 13.1 Å². The zero-order chi connectivity index (χ0) is 16.6. The van der Waals surface area contributed by atoms with Crippen molar-refractivity contribution < 1.29 is 17.7 Å². The second-order valence-corrected chi connectivity index (χ2v) is 4.92. The van der Waals surface area contributed by atoms with Gasteiger partial charge in [-0.1, -0.05) is 22.9 Å². The second kappa shape index (κ2) is 5.38. The van der Waals surface area contributed by atoms with Crippen LogP contribution in [0.4, 0.5) is 13.2 Å². The molecule has 0 fully saturated rings. The molecule has 23 heavy (non-hydrogen) atoms. The summed E-state index contributed by atoms with van der Waals surface area (Å²) < 4.78 is 44.0. The fourth-order valence-corrected chi connectivity index (χ4v) is 2.21. The van der Waals surface area contributed by atoms with Crippen LogP contribution in [-0.4, -0.2) is 15.1 Å². The maximum atomic E-state index is 13.2. The topological polar surface area (TPSA) is 71.8 Å². The fourth-order valence-electron chi connectivity index (χ4n) is 2.21. The Morgan fingerprint density at radius 1 is 1.17 bits per heavy atom. The molecule has 0 atom stereocenters. The molecule has 0 radical (unpaired) electrons. The van der Waals surface area contributed by atoms with Crippen molar-refractivity contribution in [1.82, 2.24) is 15.1 Å². The molecule has 118 valence electrons. The molecule has 3 rings (SSSR count). The molecule has 1 N–H and O–H groups in total. The van der Waals surface area contributed by atoms with Gasteiger partial charge in [0, 0.05) is 6.20 Å². The van der Waals surface area contributed by atoms with E-state index in [1.54, 1.807) is 6.92 Å². The van der Waals surface area contributed by atoms with Crippen LogP contribution in [0.3, 0.4) is 0 Å². The van der Waals surface area contributed by atoms with E-state index < -0.39 is 17.5 Å². The molecule has 0 saturated heterocycles. The third-order valence-corrected chi connectivity index (χ3v) is 3.23. The summed E-state index contributed by atoms with van der Waals surface area (Å²) in [7, 11) is 0. The first-order valence-corrected chi connectivity index (χ1v) is 6.55. The molecule has 3 aromatic rings. The van der Waals surface area contributed by atoms with Gasteiger partial charge in [-0.15, -0.1) is 0 Å². The lowest BCUT2D eigenvalue weighted by Gasteiger charge is -2.14. The third-order valence-electron chi connectivity index (χ3n) is 3.23. The Labute approximate surface area is 127 Å². The van der Waals surface area contributed by atoms with Gasteiger partial charge in [-0.05, 0) is 36.2 Å². The first kappa shape index (κ1) is 15.0. The number of rotatable bonds is 2. The van der Waals surface area contributed by atoms with Gasteiger partial charge in [-0.25, -0.2) is 4.79 Å². The number of nitrogens with zero attached hydrogens (tertiary/aromatic N) is 2. The number of hydrogen-bond donors (Lipinski definition) is 1. The number of benzene rings is 1. The zero-order valence-corrected chi connectivity index (χ0v) is 11.8. The number of H-pyrrole nitrogens is 1. The number of nitrogens with one attached hydrogen (secondary N) is 1. The lowest BCUT2D eigenvalue weighted by molar-refractivity contribution is -0.137. The minimum atomic E-state index is -4.48. The van der Waals surface area contributed by atoms with Crippen LogP contribution in [0.1, 0.15) is 11.1 Å². The van der Waals surface area contributed by atoms with Gasteiger partial charge in [0.05, 0.1) is 5.56 Å². The Balaban J connectivity index is 2.16. The highest BCUT2D eigenvalue weighted by molar-refractivity contribution is 5.71. The van der Waals surface area contributed by atoms with Crippen LogP contribution in [-0.2, 0) is 6.18 Å². The Kier molecular flexibility index (Phi) is 3.51. The number of aryl methyl sites for hydroxylation is 1. The van der Waals surface area contributed by atoms with Crippen LogP contribution < -0.4 is 5.76 Å². The van der Waals surface area contributed by atoms with Crippen molar-refractivity contribution in [3.05, 3.63) is 58.2 Å². The standard InChI is InChI=1S/C15H10F3N3O2/c1-8-2-3-11(15(16,17)18)10(6-8)9-4-5-19-12(7-9)13-20-14(22)23-21-13/h2-7H,1H3,(H,20,21,22). The average Bonchev–Trinajstić information content (AvgIpc) is 2.93. The second-order valence-electron chi connectivity index (χ2n) is 4.92. The van der Waals surface area contributed by atoms with Gasteiger partial charge in [0.25, 0.3) is 0 Å². The van der Waals surface area contributed by atoms with E-state index in [0.717, 1.165) is 6.07 Å². The van der Waals surface area contributed by atoms with Gasteiger partial charge in [0.2, 0.25) is 5.82 Å². The third kappa shape index (κ3) is 3.01. The molecule has 2 heterocycles. The van der Waals surface area contributed by atoms with Crippen LogP contribution in [0.15, 0.2) is 45.8 Å². The minimum absolute atomic E-state index is 0.0343. The summed E-state index contributed by atoms with van der Waals surface area (Å²) in [5, 5.41) is 3.48. The molecule has 0 unspecified atom stereocenters. The lowest BCUT2D eigenvalue weighted by atomic mass is 9.97. The van der Waals surface area contributed by atoms with E-state index in [1.165, 1.54) is 30.5 Å². The molecule has 0 saturated carbocycles. The lowest BCUT2D eigenvalue weighted by Crippen LogP contribution is -2.07. The molecule has 2 aromatic heterocycles. The average molecular weight is 321 g/mol. The molecule has 0 aliphatic carbocycles. The maximum Gasteiger partial charge on any atom is 0.439 e. The monoisotopic (exact) mass is 321 g/mol. The van der Waals surface area contributed by atoms with Crippen LogP contribution in [0, 0.1) is 6.92 Å². The zero-order valence-electron chi connectivity index (χ0n) is 11.8. The van der Waals surface area contributed by atoms with Crippen molar-refractivity contribution in [3.63, 3.8) is 0 Å². The molecular weight excluding hydrogens is 311 g/mol. The van der Waals surface area contributed by atoms with Crippen molar-refractivity contribution in [3.8, 4) is 22.6 Å². The van der Waals surface area contributed by atoms with E-state index >= 15 is 0 Å². The van der Waals surface area contributed by atoms with E-state index in [0.29, 0.717) is 11.1 Å². The molecule has 0 aliphatic heterocycles. The van der Waals surface area contributed by atoms with E-state index in [4.69, 9.17) is 0 Å². The van der Waals surface area contributed by atoms with Gasteiger partial charge in [0.1, 0.15) is 5.69 Å². The summed E-state index contributed by atoms with van der Waals surface area (Å²) in [6.07, 6.45) is -3.13. The Bertz CT molecular complexity index is 913. The number of aromatic nitrogens is 3. The number of alkyl halides is 3.